The Morgan fingerprint density at radius 1 is 1.10 bits per heavy atom. The zero-order valence-electron chi connectivity index (χ0n) is 17.6. The Kier molecular flexibility index (Phi) is 5.63. The van der Waals surface area contributed by atoms with Gasteiger partial charge in [0.25, 0.3) is 0 Å². The van der Waals surface area contributed by atoms with Crippen LogP contribution in [0.1, 0.15) is 18.1 Å². The molecule has 0 fully saturated rings. The average Bonchev–Trinajstić information content (AvgIpc) is 3.30. The molecule has 0 atom stereocenters. The number of para-hydroxylation sites is 1. The molecule has 30 heavy (non-hydrogen) atoms. The molecule has 2 aromatic heterocycles. The molecule has 154 valence electrons. The summed E-state index contributed by atoms with van der Waals surface area (Å²) in [6.45, 7) is 7.07. The van der Waals surface area contributed by atoms with E-state index < -0.39 is 0 Å². The van der Waals surface area contributed by atoms with Crippen LogP contribution in [-0.4, -0.2) is 31.0 Å². The Hall–Kier alpha value is -3.06. The molecule has 4 rings (SSSR count). The summed E-state index contributed by atoms with van der Waals surface area (Å²) in [5.41, 5.74) is 5.33. The molecular formula is C23H25N5OS. The molecule has 1 amide bonds. The third-order valence-electron chi connectivity index (χ3n) is 5.42. The molecular weight excluding hydrogens is 394 g/mol. The highest BCUT2D eigenvalue weighted by Crippen LogP contribution is 2.31. The molecule has 0 aliphatic carbocycles. The maximum absolute atomic E-state index is 12.5. The lowest BCUT2D eigenvalue weighted by atomic mass is 10.1. The topological polar surface area (TPSA) is 64.7 Å². The lowest BCUT2D eigenvalue weighted by Gasteiger charge is -2.10. The second-order valence-corrected chi connectivity index (χ2v) is 8.24. The number of thioether (sulfide) groups is 1. The van der Waals surface area contributed by atoms with E-state index >= 15 is 0 Å². The summed E-state index contributed by atoms with van der Waals surface area (Å²) in [5.74, 6) is 1.02. The van der Waals surface area contributed by atoms with Crippen molar-refractivity contribution in [3.63, 3.8) is 0 Å². The smallest absolute Gasteiger partial charge is 0.234 e. The lowest BCUT2D eigenvalue weighted by molar-refractivity contribution is -0.113. The van der Waals surface area contributed by atoms with Crippen LogP contribution in [0.15, 0.2) is 53.8 Å². The van der Waals surface area contributed by atoms with E-state index in [1.165, 1.54) is 17.3 Å². The van der Waals surface area contributed by atoms with E-state index in [0.29, 0.717) is 0 Å². The van der Waals surface area contributed by atoms with Crippen molar-refractivity contribution in [2.45, 2.75) is 32.5 Å². The summed E-state index contributed by atoms with van der Waals surface area (Å²) in [5, 5.41) is 13.6. The summed E-state index contributed by atoms with van der Waals surface area (Å²) in [4.78, 5) is 12.5. The first kappa shape index (κ1) is 20.2. The van der Waals surface area contributed by atoms with Crippen molar-refractivity contribution in [1.29, 1.82) is 0 Å². The van der Waals surface area contributed by atoms with Crippen LogP contribution < -0.4 is 5.32 Å². The number of aromatic nitrogens is 4. The van der Waals surface area contributed by atoms with Crippen molar-refractivity contribution in [3.05, 3.63) is 59.8 Å². The minimum Gasteiger partial charge on any atom is -0.347 e. The molecule has 0 saturated heterocycles. The number of amides is 1. The van der Waals surface area contributed by atoms with E-state index in [0.717, 1.165) is 45.3 Å². The number of benzene rings is 2. The van der Waals surface area contributed by atoms with E-state index in [2.05, 4.69) is 45.3 Å². The molecule has 2 aromatic carbocycles. The van der Waals surface area contributed by atoms with Crippen LogP contribution >= 0.6 is 11.8 Å². The predicted molar refractivity (Wildman–Crippen MR) is 123 cm³/mol. The second-order valence-electron chi connectivity index (χ2n) is 7.30. The molecule has 6 nitrogen and oxygen atoms in total. The van der Waals surface area contributed by atoms with Crippen LogP contribution in [0, 0.1) is 13.8 Å². The third kappa shape index (κ3) is 3.73. The molecule has 7 heteroatoms. The van der Waals surface area contributed by atoms with Crippen LogP contribution in [0.25, 0.3) is 22.3 Å². The largest absolute Gasteiger partial charge is 0.347 e. The van der Waals surface area contributed by atoms with Gasteiger partial charge in [-0.15, -0.1) is 10.2 Å². The molecule has 4 aromatic rings. The molecule has 0 bridgehead atoms. The highest BCUT2D eigenvalue weighted by Gasteiger charge is 2.17. The van der Waals surface area contributed by atoms with Gasteiger partial charge in [-0.05, 0) is 44.0 Å². The Labute approximate surface area is 180 Å². The van der Waals surface area contributed by atoms with E-state index in [4.69, 9.17) is 0 Å². The number of aryl methyl sites for hydroxylation is 2. The Bertz CT molecular complexity index is 1220. The first-order valence-electron chi connectivity index (χ1n) is 9.96. The van der Waals surface area contributed by atoms with Gasteiger partial charge in [-0.2, -0.15) is 0 Å². The lowest BCUT2D eigenvalue weighted by Crippen LogP contribution is -2.15. The Balaban J connectivity index is 1.52. The summed E-state index contributed by atoms with van der Waals surface area (Å²) in [7, 11) is 1.94. The van der Waals surface area contributed by atoms with Gasteiger partial charge in [0.1, 0.15) is 0 Å². The standard InChI is InChI=1S/C23H25N5OS/c1-5-28-13-18(17-10-6-7-12-20(17)28)22-25-26-23(27(22)4)30-14-21(29)24-19-11-8-9-15(2)16(19)3/h6-13H,5,14H2,1-4H3,(H,24,29). The normalized spacial score (nSPS) is 11.2. The van der Waals surface area contributed by atoms with E-state index in [1.54, 1.807) is 0 Å². The SMILES string of the molecule is CCn1cc(-c2nnc(SCC(=O)Nc3cccc(C)c3C)n2C)c2ccccc21. The van der Waals surface area contributed by atoms with Gasteiger partial charge >= 0.3 is 0 Å². The summed E-state index contributed by atoms with van der Waals surface area (Å²) >= 11 is 1.39. The summed E-state index contributed by atoms with van der Waals surface area (Å²) in [6.07, 6.45) is 2.12. The fourth-order valence-electron chi connectivity index (χ4n) is 3.56. The molecule has 1 N–H and O–H groups in total. The van der Waals surface area contributed by atoms with Crippen LogP contribution in [0.2, 0.25) is 0 Å². The highest BCUT2D eigenvalue weighted by molar-refractivity contribution is 7.99. The molecule has 0 aliphatic heterocycles. The van der Waals surface area contributed by atoms with Crippen LogP contribution in [-0.2, 0) is 18.4 Å². The van der Waals surface area contributed by atoms with Gasteiger partial charge in [-0.25, -0.2) is 0 Å². The number of carbonyl (C=O) groups is 1. The molecule has 0 saturated carbocycles. The number of hydrogen-bond donors (Lipinski definition) is 1. The second kappa shape index (κ2) is 8.36. The molecule has 0 unspecified atom stereocenters. The number of hydrogen-bond acceptors (Lipinski definition) is 4. The van der Waals surface area contributed by atoms with Crippen molar-refractivity contribution in [2.24, 2.45) is 7.05 Å². The van der Waals surface area contributed by atoms with Gasteiger partial charge in [-0.3, -0.25) is 4.79 Å². The van der Waals surface area contributed by atoms with Crippen LogP contribution in [0.5, 0.6) is 0 Å². The van der Waals surface area contributed by atoms with Gasteiger partial charge < -0.3 is 14.5 Å². The maximum atomic E-state index is 12.5. The van der Waals surface area contributed by atoms with E-state index in [-0.39, 0.29) is 11.7 Å². The first-order valence-corrected chi connectivity index (χ1v) is 10.9. The summed E-state index contributed by atoms with van der Waals surface area (Å²) in [6, 6.07) is 14.2. The minimum absolute atomic E-state index is 0.0548. The number of nitrogens with one attached hydrogen (secondary N) is 1. The third-order valence-corrected chi connectivity index (χ3v) is 6.44. The van der Waals surface area contributed by atoms with Gasteiger partial charge in [0.15, 0.2) is 11.0 Å². The number of fused-ring (bicyclic) bond motifs is 1. The van der Waals surface area contributed by atoms with Gasteiger partial charge in [0.2, 0.25) is 5.91 Å². The van der Waals surface area contributed by atoms with Crippen LogP contribution in [0.3, 0.4) is 0 Å². The minimum atomic E-state index is -0.0548. The Morgan fingerprint density at radius 2 is 1.90 bits per heavy atom. The van der Waals surface area contributed by atoms with Crippen molar-refractivity contribution < 1.29 is 4.79 Å². The monoisotopic (exact) mass is 419 g/mol. The van der Waals surface area contributed by atoms with Crippen molar-refractivity contribution in [1.82, 2.24) is 19.3 Å². The molecule has 0 aliphatic rings. The Morgan fingerprint density at radius 3 is 2.70 bits per heavy atom. The fourth-order valence-corrected chi connectivity index (χ4v) is 4.28. The van der Waals surface area contributed by atoms with Crippen molar-refractivity contribution >= 4 is 34.3 Å². The van der Waals surface area contributed by atoms with Crippen molar-refractivity contribution in [3.8, 4) is 11.4 Å². The average molecular weight is 420 g/mol. The fraction of sp³-hybridized carbons (Fsp3) is 0.261. The van der Waals surface area contributed by atoms with Gasteiger partial charge in [0, 0.05) is 41.9 Å². The zero-order chi connectivity index (χ0) is 21.3. The van der Waals surface area contributed by atoms with E-state index in [9.17, 15) is 4.79 Å². The highest BCUT2D eigenvalue weighted by atomic mass is 32.2. The number of carbonyl (C=O) groups excluding carboxylic acids is 1. The zero-order valence-corrected chi connectivity index (χ0v) is 18.5. The molecule has 2 heterocycles. The van der Waals surface area contributed by atoms with E-state index in [1.807, 2.05) is 55.8 Å². The number of anilines is 1. The van der Waals surface area contributed by atoms with Crippen molar-refractivity contribution in [2.75, 3.05) is 11.1 Å². The molecule has 0 spiro atoms. The molecule has 0 radical (unpaired) electrons. The van der Waals surface area contributed by atoms with Crippen LogP contribution in [0.4, 0.5) is 5.69 Å². The van der Waals surface area contributed by atoms with Gasteiger partial charge in [-0.1, -0.05) is 42.1 Å². The van der Waals surface area contributed by atoms with Gasteiger partial charge in [0.05, 0.1) is 5.75 Å². The predicted octanol–water partition coefficient (Wildman–Crippen LogP) is 4.80. The number of rotatable bonds is 6. The maximum Gasteiger partial charge on any atom is 0.234 e. The summed E-state index contributed by atoms with van der Waals surface area (Å²) < 4.78 is 4.17. The first-order chi connectivity index (χ1) is 14.5. The number of nitrogens with zero attached hydrogens (tertiary/aromatic N) is 4. The quantitative estimate of drug-likeness (QED) is 0.456.